The topological polar surface area (TPSA) is 13.1 Å². The molecule has 2 heteroatoms. The van der Waals surface area contributed by atoms with Crippen LogP contribution >= 0.6 is 11.3 Å². The lowest BCUT2D eigenvalue weighted by Gasteiger charge is -2.18. The van der Waals surface area contributed by atoms with Crippen molar-refractivity contribution < 1.29 is 4.42 Å². The average Bonchev–Trinajstić information content (AvgIpc) is 3.81. The van der Waals surface area contributed by atoms with E-state index in [1.807, 2.05) is 17.4 Å². The number of fused-ring (bicyclic) bond motifs is 12. The SMILES string of the molecule is C1=c2c(-c3cccc(-c4ccc5c(c4)sc4c5ccc5c4ccc4c6ccccc6oc45)c3)c3ccccc3c(-c3ccc4ccccc4c3)c2=CCC1. The molecule has 0 saturated heterocycles. The minimum atomic E-state index is 0.939. The Balaban J connectivity index is 1.02. The minimum absolute atomic E-state index is 0.939. The van der Waals surface area contributed by atoms with Gasteiger partial charge >= 0.3 is 0 Å². The fourth-order valence-electron chi connectivity index (χ4n) is 9.18. The van der Waals surface area contributed by atoms with Crippen molar-refractivity contribution in [2.75, 3.05) is 0 Å². The van der Waals surface area contributed by atoms with E-state index in [9.17, 15) is 0 Å². The van der Waals surface area contributed by atoms with Crippen LogP contribution in [0.2, 0.25) is 0 Å². The molecule has 2 heterocycles. The third-order valence-corrected chi connectivity index (χ3v) is 12.9. The Morgan fingerprint density at radius 1 is 0.389 bits per heavy atom. The molecule has 0 aliphatic heterocycles. The molecule has 0 spiro atoms. The number of benzene rings is 9. The maximum Gasteiger partial charge on any atom is 0.143 e. The Labute approximate surface area is 315 Å². The molecule has 0 atom stereocenters. The molecule has 252 valence electrons. The largest absolute Gasteiger partial charge is 0.455 e. The molecular formula is C52H32OS. The van der Waals surface area contributed by atoms with Gasteiger partial charge in [0.15, 0.2) is 0 Å². The number of furan rings is 1. The van der Waals surface area contributed by atoms with Gasteiger partial charge in [0.2, 0.25) is 0 Å². The first-order chi connectivity index (χ1) is 26.8. The second kappa shape index (κ2) is 11.5. The zero-order chi connectivity index (χ0) is 35.3. The minimum Gasteiger partial charge on any atom is -0.455 e. The lowest BCUT2D eigenvalue weighted by molar-refractivity contribution is 0.672. The van der Waals surface area contributed by atoms with E-state index in [1.54, 1.807) is 0 Å². The van der Waals surface area contributed by atoms with Gasteiger partial charge in [0.05, 0.1) is 0 Å². The molecule has 9 aromatic carbocycles. The van der Waals surface area contributed by atoms with Crippen LogP contribution in [-0.2, 0) is 0 Å². The monoisotopic (exact) mass is 704 g/mol. The Bertz CT molecular complexity index is 3510. The first kappa shape index (κ1) is 30.0. The molecule has 0 N–H and O–H groups in total. The van der Waals surface area contributed by atoms with Crippen molar-refractivity contribution in [3.05, 3.63) is 168 Å². The van der Waals surface area contributed by atoms with Gasteiger partial charge < -0.3 is 4.42 Å². The van der Waals surface area contributed by atoms with Crippen molar-refractivity contribution in [1.29, 1.82) is 0 Å². The molecule has 2 aromatic heterocycles. The van der Waals surface area contributed by atoms with E-state index in [1.165, 1.54) is 107 Å². The first-order valence-electron chi connectivity index (χ1n) is 18.8. The standard InChI is InChI=1S/C52H32OS/c1-2-11-32-28-36(21-20-31(32)10-1)50-41-17-5-3-15-39(41)49(40-16-4-6-18-42(40)50)35-13-9-12-33(29-35)34-22-23-38-45-26-25-44-46(52(45)54-48(38)30-34)27-24-43-37-14-7-8-19-47(37)53-51(43)44/h1-3,5,7-30H,4,6H2. The van der Waals surface area contributed by atoms with E-state index >= 15 is 0 Å². The maximum atomic E-state index is 6.42. The van der Waals surface area contributed by atoms with Crippen LogP contribution in [0.5, 0.6) is 0 Å². The van der Waals surface area contributed by atoms with Crippen LogP contribution in [0.15, 0.2) is 162 Å². The normalized spacial score (nSPS) is 13.0. The predicted octanol–water partition coefficient (Wildman–Crippen LogP) is 13.8. The van der Waals surface area contributed by atoms with Crippen LogP contribution in [0.3, 0.4) is 0 Å². The van der Waals surface area contributed by atoms with E-state index in [-0.39, 0.29) is 0 Å². The highest BCUT2D eigenvalue weighted by Gasteiger charge is 2.18. The van der Waals surface area contributed by atoms with Gasteiger partial charge in [-0.3, -0.25) is 0 Å². The van der Waals surface area contributed by atoms with E-state index < -0.39 is 0 Å². The molecule has 0 bridgehead atoms. The van der Waals surface area contributed by atoms with Gasteiger partial charge in [-0.25, -0.2) is 0 Å². The molecule has 54 heavy (non-hydrogen) atoms. The predicted molar refractivity (Wildman–Crippen MR) is 233 cm³/mol. The molecule has 1 aliphatic rings. The van der Waals surface area contributed by atoms with Crippen LogP contribution in [0, 0.1) is 0 Å². The zero-order valence-corrected chi connectivity index (χ0v) is 30.2. The summed E-state index contributed by atoms with van der Waals surface area (Å²) in [6, 6.07) is 58.2. The summed E-state index contributed by atoms with van der Waals surface area (Å²) in [7, 11) is 0. The second-order valence-electron chi connectivity index (χ2n) is 14.6. The summed E-state index contributed by atoms with van der Waals surface area (Å²) in [5.74, 6) is 0. The van der Waals surface area contributed by atoms with Gasteiger partial charge in [0.25, 0.3) is 0 Å². The molecule has 11 aromatic rings. The Morgan fingerprint density at radius 3 is 1.76 bits per heavy atom. The van der Waals surface area contributed by atoms with E-state index in [2.05, 4.69) is 164 Å². The highest BCUT2D eigenvalue weighted by molar-refractivity contribution is 7.26. The van der Waals surface area contributed by atoms with Gasteiger partial charge in [-0.15, -0.1) is 11.3 Å². The van der Waals surface area contributed by atoms with Crippen molar-refractivity contribution in [3.63, 3.8) is 0 Å². The molecule has 0 saturated carbocycles. The van der Waals surface area contributed by atoms with Crippen molar-refractivity contribution in [2.24, 2.45) is 0 Å². The zero-order valence-electron chi connectivity index (χ0n) is 29.4. The summed E-state index contributed by atoms with van der Waals surface area (Å²) in [6.45, 7) is 0. The Kier molecular flexibility index (Phi) is 6.40. The smallest absolute Gasteiger partial charge is 0.143 e. The van der Waals surface area contributed by atoms with Gasteiger partial charge in [-0.05, 0) is 115 Å². The molecule has 0 radical (unpaired) electrons. The molecule has 0 amide bonds. The summed E-state index contributed by atoms with van der Waals surface area (Å²) in [6.07, 6.45) is 7.05. The molecule has 12 rings (SSSR count). The van der Waals surface area contributed by atoms with Crippen molar-refractivity contribution >= 4 is 97.9 Å². The lowest BCUT2D eigenvalue weighted by Crippen LogP contribution is -2.31. The van der Waals surface area contributed by atoms with Crippen molar-refractivity contribution in [2.45, 2.75) is 12.8 Å². The molecule has 1 nitrogen and oxygen atoms in total. The third-order valence-electron chi connectivity index (χ3n) is 11.7. The third kappa shape index (κ3) is 4.38. The summed E-state index contributed by atoms with van der Waals surface area (Å²) in [4.78, 5) is 0. The summed E-state index contributed by atoms with van der Waals surface area (Å²) in [5, 5.41) is 15.2. The van der Waals surface area contributed by atoms with E-state index in [0.29, 0.717) is 0 Å². The molecule has 0 unspecified atom stereocenters. The van der Waals surface area contributed by atoms with Crippen LogP contribution in [-0.4, -0.2) is 0 Å². The van der Waals surface area contributed by atoms with E-state index in [0.717, 1.165) is 24.0 Å². The lowest BCUT2D eigenvalue weighted by atomic mass is 9.85. The number of para-hydroxylation sites is 1. The number of rotatable bonds is 3. The second-order valence-corrected chi connectivity index (χ2v) is 15.7. The van der Waals surface area contributed by atoms with Gasteiger partial charge in [-0.1, -0.05) is 133 Å². The highest BCUT2D eigenvalue weighted by Crippen LogP contribution is 2.43. The van der Waals surface area contributed by atoms with Crippen LogP contribution < -0.4 is 10.4 Å². The first-order valence-corrected chi connectivity index (χ1v) is 19.6. The van der Waals surface area contributed by atoms with Crippen molar-refractivity contribution in [3.8, 4) is 33.4 Å². The van der Waals surface area contributed by atoms with Crippen LogP contribution in [0.4, 0.5) is 0 Å². The van der Waals surface area contributed by atoms with Crippen molar-refractivity contribution in [1.82, 2.24) is 0 Å². The van der Waals surface area contributed by atoms with Gasteiger partial charge in [-0.2, -0.15) is 0 Å². The average molecular weight is 705 g/mol. The molecular weight excluding hydrogens is 673 g/mol. The quantitative estimate of drug-likeness (QED) is 0.178. The number of hydrogen-bond donors (Lipinski definition) is 0. The summed E-state index contributed by atoms with van der Waals surface area (Å²) in [5.41, 5.74) is 9.58. The van der Waals surface area contributed by atoms with Crippen LogP contribution in [0.1, 0.15) is 12.8 Å². The summed E-state index contributed by atoms with van der Waals surface area (Å²) >= 11 is 1.89. The maximum absolute atomic E-state index is 6.42. The van der Waals surface area contributed by atoms with Gasteiger partial charge in [0, 0.05) is 41.7 Å². The Hall–Kier alpha value is -6.48. The number of thiophene rings is 1. The Morgan fingerprint density at radius 2 is 0.963 bits per heavy atom. The van der Waals surface area contributed by atoms with E-state index in [4.69, 9.17) is 4.42 Å². The molecule has 0 fully saturated rings. The fraction of sp³-hybridized carbons (Fsp3) is 0.0385. The van der Waals surface area contributed by atoms with Crippen LogP contribution in [0.25, 0.3) is 120 Å². The highest BCUT2D eigenvalue weighted by atomic mass is 32.1. The van der Waals surface area contributed by atoms with Gasteiger partial charge in [0.1, 0.15) is 11.2 Å². The fourth-order valence-corrected chi connectivity index (χ4v) is 10.5. The summed E-state index contributed by atoms with van der Waals surface area (Å²) < 4.78 is 9.03. The number of hydrogen-bond acceptors (Lipinski definition) is 2. The molecule has 1 aliphatic carbocycles.